The zero-order valence-electron chi connectivity index (χ0n) is 29.5. The lowest BCUT2D eigenvalue weighted by Crippen LogP contribution is -1.99. The Balaban J connectivity index is 1.18. The van der Waals surface area contributed by atoms with E-state index in [1.54, 1.807) is 0 Å². The van der Waals surface area contributed by atoms with Crippen LogP contribution < -0.4 is 0 Å². The topological polar surface area (TPSA) is 23.5 Å². The van der Waals surface area contributed by atoms with Gasteiger partial charge in [0.2, 0.25) is 0 Å². The Hall–Kier alpha value is -7.86. The molecule has 0 atom stereocenters. The van der Waals surface area contributed by atoms with Crippen molar-refractivity contribution in [3.8, 4) is 28.2 Å². The summed E-state index contributed by atoms with van der Waals surface area (Å²) >= 11 is 0. The molecule has 5 nitrogen and oxygen atoms in total. The molecule has 254 valence electrons. The van der Waals surface area contributed by atoms with Crippen LogP contribution in [-0.2, 0) is 0 Å². The van der Waals surface area contributed by atoms with Crippen LogP contribution in [-0.4, -0.2) is 13.7 Å². The predicted molar refractivity (Wildman–Crippen MR) is 227 cm³/mol. The van der Waals surface area contributed by atoms with Gasteiger partial charge in [0.15, 0.2) is 11.4 Å². The fourth-order valence-corrected chi connectivity index (χ4v) is 8.72. The summed E-state index contributed by atoms with van der Waals surface area (Å²) in [7, 11) is 0. The predicted octanol–water partition coefficient (Wildman–Crippen LogP) is 13.7. The van der Waals surface area contributed by atoms with Gasteiger partial charge in [-0.1, -0.05) is 109 Å². The minimum atomic E-state index is 0.547. The van der Waals surface area contributed by atoms with E-state index in [1.807, 2.05) is 42.5 Å². The first kappa shape index (κ1) is 30.7. The summed E-state index contributed by atoms with van der Waals surface area (Å²) in [5.41, 5.74) is 12.6. The lowest BCUT2D eigenvalue weighted by Gasteiger charge is -2.17. The summed E-state index contributed by atoms with van der Waals surface area (Å²) < 4.78 is 6.94. The highest BCUT2D eigenvalue weighted by atomic mass is 15.0. The van der Waals surface area contributed by atoms with E-state index in [4.69, 9.17) is 13.1 Å². The van der Waals surface area contributed by atoms with Gasteiger partial charge in [-0.25, -0.2) is 9.69 Å². The molecule has 11 aromatic rings. The van der Waals surface area contributed by atoms with Gasteiger partial charge in [0.25, 0.3) is 0 Å². The number of para-hydroxylation sites is 5. The smallest absolute Gasteiger partial charge is 0.189 e. The quantitative estimate of drug-likeness (QED) is 0.163. The van der Waals surface area contributed by atoms with Crippen molar-refractivity contribution in [2.24, 2.45) is 0 Å². The first-order valence-corrected chi connectivity index (χ1v) is 18.3. The Morgan fingerprint density at radius 3 is 1.40 bits per heavy atom. The molecule has 0 fully saturated rings. The van der Waals surface area contributed by atoms with E-state index in [0.717, 1.165) is 61.0 Å². The molecule has 8 aromatic carbocycles. The second-order valence-corrected chi connectivity index (χ2v) is 14.0. The first-order chi connectivity index (χ1) is 27.2. The fourth-order valence-electron chi connectivity index (χ4n) is 8.72. The molecule has 3 aromatic heterocycles. The van der Waals surface area contributed by atoms with Crippen molar-refractivity contribution >= 4 is 76.8 Å². The van der Waals surface area contributed by atoms with Gasteiger partial charge >= 0.3 is 0 Å². The molecule has 0 radical (unpaired) electrons. The second-order valence-electron chi connectivity index (χ2n) is 14.0. The fraction of sp³-hybridized carbons (Fsp3) is 0. The van der Waals surface area contributed by atoms with Crippen molar-refractivity contribution in [1.29, 1.82) is 0 Å². The van der Waals surface area contributed by atoms with Crippen LogP contribution in [0.2, 0.25) is 0 Å². The number of benzene rings is 8. The van der Waals surface area contributed by atoms with Crippen molar-refractivity contribution in [1.82, 2.24) is 13.7 Å². The minimum absolute atomic E-state index is 0.547. The third-order valence-corrected chi connectivity index (χ3v) is 11.0. The monoisotopic (exact) mass is 699 g/mol. The molecular weight excluding hydrogens is 671 g/mol. The van der Waals surface area contributed by atoms with Gasteiger partial charge in [0, 0.05) is 54.8 Å². The Morgan fingerprint density at radius 2 is 0.800 bits per heavy atom. The zero-order valence-corrected chi connectivity index (χ0v) is 29.5. The molecule has 0 N–H and O–H groups in total. The number of hydrogen-bond donors (Lipinski definition) is 0. The Kier molecular flexibility index (Phi) is 6.61. The van der Waals surface area contributed by atoms with Crippen LogP contribution in [0.25, 0.3) is 103 Å². The van der Waals surface area contributed by atoms with E-state index in [9.17, 15) is 0 Å². The van der Waals surface area contributed by atoms with Gasteiger partial charge in [-0.3, -0.25) is 0 Å². The van der Waals surface area contributed by atoms with Crippen LogP contribution in [0.5, 0.6) is 0 Å². The van der Waals surface area contributed by atoms with Crippen LogP contribution in [0.1, 0.15) is 0 Å². The summed E-state index contributed by atoms with van der Waals surface area (Å²) in [6, 6.07) is 61.5. The maximum absolute atomic E-state index is 8.20. The number of hydrogen-bond acceptors (Lipinski definition) is 0. The van der Waals surface area contributed by atoms with Crippen molar-refractivity contribution in [2.45, 2.75) is 0 Å². The number of aromatic nitrogens is 3. The number of rotatable bonds is 4. The van der Waals surface area contributed by atoms with Gasteiger partial charge in [-0.2, -0.15) is 0 Å². The Labute approximate surface area is 316 Å². The normalized spacial score (nSPS) is 11.6. The highest BCUT2D eigenvalue weighted by Gasteiger charge is 2.20. The summed E-state index contributed by atoms with van der Waals surface area (Å²) in [6.45, 7) is 15.9. The average molecular weight is 700 g/mol. The van der Waals surface area contributed by atoms with Gasteiger partial charge < -0.3 is 13.7 Å². The molecule has 0 saturated heterocycles. The molecule has 0 unspecified atom stereocenters. The first-order valence-electron chi connectivity index (χ1n) is 18.3. The molecule has 55 heavy (non-hydrogen) atoms. The molecule has 11 rings (SSSR count). The highest BCUT2D eigenvalue weighted by molar-refractivity contribution is 6.13. The van der Waals surface area contributed by atoms with Gasteiger partial charge in [0.05, 0.1) is 46.4 Å². The molecule has 0 aliphatic carbocycles. The number of nitrogens with zero attached hydrogens (tertiary/aromatic N) is 5. The molecule has 3 heterocycles. The van der Waals surface area contributed by atoms with Crippen molar-refractivity contribution < 1.29 is 0 Å². The second kappa shape index (κ2) is 11.8. The lowest BCUT2D eigenvalue weighted by molar-refractivity contribution is 1.15. The zero-order chi connectivity index (χ0) is 36.6. The van der Waals surface area contributed by atoms with Crippen LogP contribution in [0.15, 0.2) is 176 Å². The highest BCUT2D eigenvalue weighted by Crippen LogP contribution is 2.41. The summed E-state index contributed by atoms with van der Waals surface area (Å²) in [5, 5.41) is 6.99. The van der Waals surface area contributed by atoms with E-state index in [0.29, 0.717) is 11.4 Å². The van der Waals surface area contributed by atoms with Crippen LogP contribution in [0.4, 0.5) is 11.4 Å². The minimum Gasteiger partial charge on any atom is -0.312 e. The van der Waals surface area contributed by atoms with E-state index in [2.05, 4.69) is 157 Å². The molecule has 0 amide bonds. The van der Waals surface area contributed by atoms with Gasteiger partial charge in [0.1, 0.15) is 0 Å². The maximum atomic E-state index is 8.20. The standard InChI is InChI=1S/C50H29N5/c1-51-33-23-25-42-40-16-6-11-21-47(40)54(49(42)30-33)36-28-32(27-34(29-36)52-2)37-13-3-8-18-44(37)55-48-22-12-7-17-41(48)43-26-24-35(31-50(43)55)53-45-19-9-4-14-38(45)39-15-5-10-20-46(39)53/h3-31H. The molecule has 0 aliphatic heterocycles. The van der Waals surface area contributed by atoms with Crippen molar-refractivity contribution in [2.75, 3.05) is 0 Å². The van der Waals surface area contributed by atoms with Crippen LogP contribution in [0.3, 0.4) is 0 Å². The van der Waals surface area contributed by atoms with E-state index < -0.39 is 0 Å². The van der Waals surface area contributed by atoms with Crippen molar-refractivity contribution in [3.63, 3.8) is 0 Å². The molecule has 0 aliphatic rings. The molecular formula is C50H29N5. The summed E-state index contributed by atoms with van der Waals surface area (Å²) in [4.78, 5) is 7.73. The van der Waals surface area contributed by atoms with E-state index in [-0.39, 0.29) is 0 Å². The SMILES string of the molecule is [C-]#[N+]c1cc(-c2ccccc2-n2c3ccccc3c3ccc(-n4c5ccccc5c5ccccc54)cc32)cc(-n2c3ccccc3c3ccc([N+]#[C-])cc32)c1. The lowest BCUT2D eigenvalue weighted by atomic mass is 10.0. The van der Waals surface area contributed by atoms with E-state index >= 15 is 0 Å². The summed E-state index contributed by atoms with van der Waals surface area (Å²) in [6.07, 6.45) is 0. The van der Waals surface area contributed by atoms with Crippen LogP contribution >= 0.6 is 0 Å². The summed E-state index contributed by atoms with van der Waals surface area (Å²) in [5.74, 6) is 0. The van der Waals surface area contributed by atoms with Gasteiger partial charge in [-0.05, 0) is 72.3 Å². The maximum Gasteiger partial charge on any atom is 0.189 e. The van der Waals surface area contributed by atoms with Crippen LogP contribution in [0, 0.1) is 13.1 Å². The largest absolute Gasteiger partial charge is 0.312 e. The third-order valence-electron chi connectivity index (χ3n) is 11.0. The number of fused-ring (bicyclic) bond motifs is 9. The van der Waals surface area contributed by atoms with Crippen molar-refractivity contribution in [3.05, 3.63) is 199 Å². The Morgan fingerprint density at radius 1 is 0.327 bits per heavy atom. The Bertz CT molecular complexity index is 3420. The van der Waals surface area contributed by atoms with Gasteiger partial charge in [-0.15, -0.1) is 0 Å². The molecule has 0 bridgehead atoms. The third kappa shape index (κ3) is 4.51. The molecule has 0 spiro atoms. The molecule has 5 heteroatoms. The molecule has 0 saturated carbocycles. The van der Waals surface area contributed by atoms with E-state index in [1.165, 1.54) is 32.6 Å². The average Bonchev–Trinajstić information content (AvgIpc) is 3.88.